The van der Waals surface area contributed by atoms with Crippen molar-refractivity contribution in [1.29, 1.82) is 5.26 Å². The molecule has 0 aromatic heterocycles. The van der Waals surface area contributed by atoms with Crippen LogP contribution in [0.4, 0.5) is 15.8 Å². The van der Waals surface area contributed by atoms with Crippen LogP contribution in [0.2, 0.25) is 5.02 Å². The van der Waals surface area contributed by atoms with Gasteiger partial charge in [-0.2, -0.15) is 5.26 Å². The maximum Gasteiger partial charge on any atom is 0.199 e. The highest BCUT2D eigenvalue weighted by Gasteiger charge is 2.07. The molecule has 1 N–H and O–H groups in total. The lowest BCUT2D eigenvalue weighted by molar-refractivity contribution is -0.499. The maximum atomic E-state index is 12.9. The van der Waals surface area contributed by atoms with Gasteiger partial charge in [-0.1, -0.05) is 17.7 Å². The Balaban J connectivity index is 2.22. The largest absolute Gasteiger partial charge is 0.207 e. The maximum absolute atomic E-state index is 12.9. The van der Waals surface area contributed by atoms with Crippen LogP contribution in [0.1, 0.15) is 0 Å². The number of anilines is 1. The molecule has 0 unspecified atom stereocenters. The van der Waals surface area contributed by atoms with Crippen LogP contribution in [0.15, 0.2) is 53.8 Å². The van der Waals surface area contributed by atoms with E-state index in [0.29, 0.717) is 16.4 Å². The predicted molar refractivity (Wildman–Crippen MR) is 74.3 cm³/mol. The molecular weight excluding hydrogens is 279 g/mol. The van der Waals surface area contributed by atoms with Gasteiger partial charge in [-0.25, -0.2) is 4.39 Å². The normalized spacial score (nSPS) is 10.9. The molecule has 4 nitrogen and oxygen atoms in total. The van der Waals surface area contributed by atoms with Gasteiger partial charge in [0.2, 0.25) is 0 Å². The summed E-state index contributed by atoms with van der Waals surface area (Å²) in [5.74, 6) is -0.339. The van der Waals surface area contributed by atoms with Crippen molar-refractivity contribution in [2.24, 2.45) is 5.22 Å². The first-order chi connectivity index (χ1) is 9.69. The lowest BCUT2D eigenvalue weighted by atomic mass is 10.3. The molecule has 2 rings (SSSR count). The summed E-state index contributed by atoms with van der Waals surface area (Å²) in [5.41, 5.74) is 4.12. The fourth-order valence-electron chi connectivity index (χ4n) is 1.54. The average Bonchev–Trinajstić information content (AvgIpc) is 2.44. The monoisotopic (exact) mass is 289 g/mol. The summed E-state index contributed by atoms with van der Waals surface area (Å²) >= 11 is 5.87. The minimum atomic E-state index is -0.339. The Morgan fingerprint density at radius 1 is 1.25 bits per heavy atom. The predicted octanol–water partition coefficient (Wildman–Crippen LogP) is 4.13. The first kappa shape index (κ1) is 14.0. The van der Waals surface area contributed by atoms with Crippen LogP contribution < -0.4 is 5.43 Å². The fraction of sp³-hybridized carbons (Fsp3) is 0.0714. The van der Waals surface area contributed by atoms with E-state index >= 15 is 0 Å². The molecule has 6 heteroatoms. The van der Waals surface area contributed by atoms with E-state index in [2.05, 4.69) is 10.6 Å². The standard InChI is InChI=1S/C14H10ClFN4/c15-11-2-1-3-13(10-11)18-19-20(9-8-17)14-6-4-12(16)5-7-14/h1-7,10H,9H2/p+1. The molecule has 0 amide bonds. The van der Waals surface area contributed by atoms with E-state index in [0.717, 1.165) is 0 Å². The third-order valence-corrected chi connectivity index (χ3v) is 2.70. The van der Waals surface area contributed by atoms with E-state index in [-0.39, 0.29) is 12.4 Å². The van der Waals surface area contributed by atoms with Gasteiger partial charge in [-0.3, -0.25) is 0 Å². The van der Waals surface area contributed by atoms with Crippen molar-refractivity contribution in [3.05, 3.63) is 59.4 Å². The zero-order chi connectivity index (χ0) is 14.4. The molecule has 2 aromatic carbocycles. The van der Waals surface area contributed by atoms with Crippen molar-refractivity contribution in [3.63, 3.8) is 0 Å². The second-order valence-corrected chi connectivity index (χ2v) is 4.35. The number of nitrogens with one attached hydrogen (secondary N) is 1. The van der Waals surface area contributed by atoms with Crippen LogP contribution in [0.5, 0.6) is 0 Å². The van der Waals surface area contributed by atoms with Crippen molar-refractivity contribution < 1.29 is 9.09 Å². The van der Waals surface area contributed by atoms with Gasteiger partial charge in [0.15, 0.2) is 12.2 Å². The molecule has 0 atom stereocenters. The zero-order valence-corrected chi connectivity index (χ0v) is 11.2. The summed E-state index contributed by atoms with van der Waals surface area (Å²) in [6.07, 6.45) is 0. The molecule has 0 spiro atoms. The van der Waals surface area contributed by atoms with E-state index in [1.54, 1.807) is 36.4 Å². The second kappa shape index (κ2) is 6.64. The number of nitriles is 1. The summed E-state index contributed by atoms with van der Waals surface area (Å²) in [5, 5.41) is 13.5. The number of rotatable bonds is 4. The van der Waals surface area contributed by atoms with Gasteiger partial charge in [0.05, 0.1) is 5.22 Å². The summed E-state index contributed by atoms with van der Waals surface area (Å²) in [6.45, 7) is 0.0409. The molecular formula is C14H11ClFN4+. The number of halogens is 2. The van der Waals surface area contributed by atoms with E-state index in [1.165, 1.54) is 16.8 Å². The lowest BCUT2D eigenvalue weighted by Crippen LogP contribution is -2.06. The van der Waals surface area contributed by atoms with Crippen LogP contribution in [0, 0.1) is 17.1 Å². The average molecular weight is 290 g/mol. The summed E-state index contributed by atoms with van der Waals surface area (Å²) in [6, 6.07) is 14.8. The minimum Gasteiger partial charge on any atom is -0.207 e. The third-order valence-electron chi connectivity index (χ3n) is 2.47. The zero-order valence-electron chi connectivity index (χ0n) is 10.4. The van der Waals surface area contributed by atoms with Gasteiger partial charge in [-0.15, -0.1) is 10.1 Å². The van der Waals surface area contributed by atoms with Crippen molar-refractivity contribution >= 4 is 23.0 Å². The number of hydrogen-bond donors (Lipinski definition) is 1. The van der Waals surface area contributed by atoms with Gasteiger partial charge < -0.3 is 0 Å². The topological polar surface area (TPSA) is 51.2 Å². The van der Waals surface area contributed by atoms with Crippen LogP contribution in [0.25, 0.3) is 0 Å². The van der Waals surface area contributed by atoms with Crippen LogP contribution in [0.3, 0.4) is 0 Å². The van der Waals surface area contributed by atoms with Gasteiger partial charge in [-0.05, 0) is 36.4 Å². The van der Waals surface area contributed by atoms with Gasteiger partial charge in [0.1, 0.15) is 17.6 Å². The Hall–Kier alpha value is -2.45. The summed E-state index contributed by atoms with van der Waals surface area (Å²) in [7, 11) is 0. The third kappa shape index (κ3) is 3.77. The fourth-order valence-corrected chi connectivity index (χ4v) is 1.73. The highest BCUT2D eigenvalue weighted by atomic mass is 35.5. The van der Waals surface area contributed by atoms with E-state index in [1.807, 2.05) is 6.07 Å². The Bertz CT molecular complexity index is 662. The number of benzene rings is 2. The molecule has 0 bridgehead atoms. The molecule has 0 fully saturated rings. The molecule has 20 heavy (non-hydrogen) atoms. The first-order valence-electron chi connectivity index (χ1n) is 5.81. The van der Waals surface area contributed by atoms with Gasteiger partial charge in [0.25, 0.3) is 0 Å². The van der Waals surface area contributed by atoms with Gasteiger partial charge >= 0.3 is 0 Å². The molecule has 0 radical (unpaired) electrons. The molecule has 0 saturated carbocycles. The Morgan fingerprint density at radius 2 is 2.00 bits per heavy atom. The van der Waals surface area contributed by atoms with E-state index in [4.69, 9.17) is 16.9 Å². The Morgan fingerprint density at radius 3 is 2.65 bits per heavy atom. The number of hydrogen-bond acceptors (Lipinski definition) is 2. The van der Waals surface area contributed by atoms with Crippen molar-refractivity contribution in [3.8, 4) is 6.07 Å². The highest BCUT2D eigenvalue weighted by Crippen LogP contribution is 2.16. The molecule has 0 aliphatic rings. The molecule has 0 aliphatic heterocycles. The lowest BCUT2D eigenvalue weighted by Gasteiger charge is -2.00. The summed E-state index contributed by atoms with van der Waals surface area (Å²) < 4.78 is 14.3. The Kier molecular flexibility index (Phi) is 4.64. The van der Waals surface area contributed by atoms with Crippen molar-refractivity contribution in [2.75, 3.05) is 12.0 Å². The second-order valence-electron chi connectivity index (χ2n) is 3.91. The van der Waals surface area contributed by atoms with Crippen molar-refractivity contribution in [1.82, 2.24) is 0 Å². The Labute approximate surface area is 120 Å². The SMILES string of the molecule is N#CC[N+](=NNc1cccc(Cl)c1)c1ccc(F)cc1. The summed E-state index contributed by atoms with van der Waals surface area (Å²) in [4.78, 5) is 0. The molecule has 100 valence electrons. The minimum absolute atomic E-state index is 0.0409. The van der Waals surface area contributed by atoms with Gasteiger partial charge in [0, 0.05) is 11.1 Å². The first-order valence-corrected chi connectivity index (χ1v) is 6.19. The van der Waals surface area contributed by atoms with Crippen LogP contribution in [-0.2, 0) is 0 Å². The van der Waals surface area contributed by atoms with Crippen molar-refractivity contribution in [2.45, 2.75) is 0 Å². The smallest absolute Gasteiger partial charge is 0.199 e. The molecule has 2 aromatic rings. The van der Waals surface area contributed by atoms with Crippen LogP contribution >= 0.6 is 11.6 Å². The molecule has 0 heterocycles. The van der Waals surface area contributed by atoms with Crippen LogP contribution in [-0.4, -0.2) is 11.2 Å². The quantitative estimate of drug-likeness (QED) is 0.398. The number of nitrogens with zero attached hydrogens (tertiary/aromatic N) is 3. The highest BCUT2D eigenvalue weighted by molar-refractivity contribution is 6.30. The molecule has 0 saturated heterocycles. The molecule has 0 aliphatic carbocycles. The van der Waals surface area contributed by atoms with E-state index < -0.39 is 0 Å². The van der Waals surface area contributed by atoms with E-state index in [9.17, 15) is 4.39 Å².